The molecule has 1 aromatic carbocycles. The van der Waals surface area contributed by atoms with E-state index in [1.165, 1.54) is 31.4 Å². The lowest BCUT2D eigenvalue weighted by molar-refractivity contribution is -0.147. The summed E-state index contributed by atoms with van der Waals surface area (Å²) in [5.74, 6) is -0.230. The van der Waals surface area contributed by atoms with Gasteiger partial charge in [-0.3, -0.25) is 0 Å². The van der Waals surface area contributed by atoms with E-state index in [9.17, 15) is 18.4 Å². The number of benzene rings is 1. The van der Waals surface area contributed by atoms with E-state index in [-0.39, 0.29) is 21.6 Å². The smallest absolute Gasteiger partial charge is 0.360 e. The molecule has 1 aromatic heterocycles. The summed E-state index contributed by atoms with van der Waals surface area (Å²) in [6.45, 7) is 0. The van der Waals surface area contributed by atoms with Gasteiger partial charge in [-0.25, -0.2) is 0 Å². The van der Waals surface area contributed by atoms with Gasteiger partial charge in [0.2, 0.25) is 0 Å². The molecule has 0 aliphatic heterocycles. The van der Waals surface area contributed by atoms with Gasteiger partial charge in [-0.15, -0.1) is 11.6 Å². The molecule has 0 saturated heterocycles. The highest BCUT2D eigenvalue weighted by Crippen LogP contribution is 2.45. The highest BCUT2D eigenvalue weighted by molar-refractivity contribution is 9.10. The highest BCUT2D eigenvalue weighted by atomic mass is 79.9. The highest BCUT2D eigenvalue weighted by Gasteiger charge is 2.42. The van der Waals surface area contributed by atoms with Gasteiger partial charge in [-0.2, -0.15) is 18.4 Å². The molecule has 1 heterocycles. The van der Waals surface area contributed by atoms with Crippen molar-refractivity contribution in [2.45, 2.75) is 12.4 Å². The van der Waals surface area contributed by atoms with Crippen molar-refractivity contribution >= 4 is 39.1 Å². The number of hydrogen-bond acceptors (Lipinski definition) is 2. The molecular weight excluding hydrogens is 432 g/mol. The molecule has 2 rings (SSSR count). The summed E-state index contributed by atoms with van der Waals surface area (Å²) in [5, 5.41) is 9.81. The number of aromatic nitrogens is 1. The second-order valence-electron chi connectivity index (χ2n) is 4.72. The number of nitrogens with zero attached hydrogens (tertiary/aromatic N) is 2. The molecule has 0 spiro atoms. The number of hydrogen-bond donors (Lipinski definition) is 0. The molecule has 0 radical (unpaired) electrons. The van der Waals surface area contributed by atoms with Gasteiger partial charge < -0.3 is 9.30 Å². The van der Waals surface area contributed by atoms with Crippen LogP contribution in [0.5, 0.6) is 0 Å². The Hall–Kier alpha value is -1.20. The number of alkyl halides is 4. The van der Waals surface area contributed by atoms with Crippen LogP contribution in [0.2, 0.25) is 5.02 Å². The fourth-order valence-electron chi connectivity index (χ4n) is 2.34. The first-order valence-electron chi connectivity index (χ1n) is 6.51. The molecular formula is C15H10BrCl2F3N2O. The van der Waals surface area contributed by atoms with Crippen LogP contribution in [0.4, 0.5) is 13.2 Å². The zero-order chi connectivity index (χ0) is 18.1. The number of ether oxygens (including phenoxy) is 1. The Labute approximate surface area is 154 Å². The van der Waals surface area contributed by atoms with E-state index in [0.29, 0.717) is 10.6 Å². The van der Waals surface area contributed by atoms with E-state index >= 15 is 0 Å². The summed E-state index contributed by atoms with van der Waals surface area (Å²) in [7, 11) is 1.25. The molecule has 0 amide bonds. The Bertz CT molecular complexity index is 778. The lowest BCUT2D eigenvalue weighted by atomic mass is 10.1. The van der Waals surface area contributed by atoms with Crippen LogP contribution in [0.1, 0.15) is 17.5 Å². The molecule has 0 unspecified atom stereocenters. The summed E-state index contributed by atoms with van der Waals surface area (Å²) in [6.07, 6.45) is -5.81. The van der Waals surface area contributed by atoms with E-state index in [0.717, 1.165) is 4.57 Å². The first-order valence-corrected chi connectivity index (χ1v) is 8.22. The van der Waals surface area contributed by atoms with Gasteiger partial charge in [-0.05, 0) is 33.6 Å². The van der Waals surface area contributed by atoms with E-state index in [1.807, 2.05) is 6.07 Å². The minimum absolute atomic E-state index is 0.0564. The molecule has 9 heteroatoms. The molecule has 0 saturated carbocycles. The lowest BCUT2D eigenvalue weighted by Crippen LogP contribution is -2.21. The van der Waals surface area contributed by atoms with E-state index < -0.39 is 18.1 Å². The van der Waals surface area contributed by atoms with Crippen molar-refractivity contribution in [2.75, 3.05) is 13.0 Å². The van der Waals surface area contributed by atoms with Crippen LogP contribution in [0.25, 0.3) is 11.3 Å². The van der Waals surface area contributed by atoms with Gasteiger partial charge in [0.25, 0.3) is 0 Å². The van der Waals surface area contributed by atoms with Gasteiger partial charge >= 0.3 is 6.18 Å². The van der Waals surface area contributed by atoms with Crippen LogP contribution in [0.3, 0.4) is 0 Å². The number of methoxy groups -OCH3 is 1. The Balaban J connectivity index is 2.91. The predicted octanol–water partition coefficient (Wildman–Crippen LogP) is 5.85. The fourth-order valence-corrected chi connectivity index (χ4v) is 3.42. The molecule has 24 heavy (non-hydrogen) atoms. The fraction of sp³-hybridized carbons (Fsp3) is 0.267. The van der Waals surface area contributed by atoms with E-state index in [2.05, 4.69) is 15.9 Å². The summed E-state index contributed by atoms with van der Waals surface area (Å²) < 4.78 is 46.3. The SMILES string of the molecule is CO[C@H](CCl)n1c(-c2ccc(Cl)cc2)c(C#N)c(Br)c1C(F)(F)F. The number of nitriles is 1. The van der Waals surface area contributed by atoms with Crippen LogP contribution < -0.4 is 0 Å². The Morgan fingerprint density at radius 3 is 2.33 bits per heavy atom. The van der Waals surface area contributed by atoms with Crippen LogP contribution >= 0.6 is 39.1 Å². The number of halogens is 6. The maximum atomic E-state index is 13.6. The van der Waals surface area contributed by atoms with Crippen molar-refractivity contribution in [3.8, 4) is 17.3 Å². The summed E-state index contributed by atoms with van der Waals surface area (Å²) in [5.41, 5.74) is -0.742. The first-order chi connectivity index (χ1) is 11.3. The van der Waals surface area contributed by atoms with Crippen molar-refractivity contribution in [1.82, 2.24) is 4.57 Å². The van der Waals surface area contributed by atoms with Crippen LogP contribution in [0.15, 0.2) is 28.7 Å². The third-order valence-electron chi connectivity index (χ3n) is 3.34. The molecule has 0 aliphatic carbocycles. The van der Waals surface area contributed by atoms with Crippen molar-refractivity contribution in [3.05, 3.63) is 45.0 Å². The van der Waals surface area contributed by atoms with Crippen LogP contribution in [-0.4, -0.2) is 17.6 Å². The average molecular weight is 442 g/mol. The topological polar surface area (TPSA) is 38.0 Å². The second-order valence-corrected chi connectivity index (χ2v) is 6.26. The lowest BCUT2D eigenvalue weighted by Gasteiger charge is -2.22. The Morgan fingerprint density at radius 2 is 1.92 bits per heavy atom. The maximum Gasteiger partial charge on any atom is 0.432 e. The van der Waals surface area contributed by atoms with Crippen molar-refractivity contribution in [2.24, 2.45) is 0 Å². The Kier molecular flexibility index (Phi) is 5.87. The van der Waals surface area contributed by atoms with Crippen LogP contribution in [0, 0.1) is 11.3 Å². The average Bonchev–Trinajstić information content (AvgIpc) is 2.82. The summed E-state index contributed by atoms with van der Waals surface area (Å²) >= 11 is 14.5. The summed E-state index contributed by atoms with van der Waals surface area (Å²) in [6, 6.07) is 7.93. The minimum Gasteiger partial charge on any atom is -0.360 e. The molecule has 0 bridgehead atoms. The molecule has 128 valence electrons. The second kappa shape index (κ2) is 7.36. The molecule has 1 atom stereocenters. The Morgan fingerprint density at radius 1 is 1.33 bits per heavy atom. The predicted molar refractivity (Wildman–Crippen MR) is 89.1 cm³/mol. The van der Waals surface area contributed by atoms with Gasteiger partial charge in [-0.1, -0.05) is 23.7 Å². The van der Waals surface area contributed by atoms with Crippen molar-refractivity contribution in [1.29, 1.82) is 5.26 Å². The van der Waals surface area contributed by atoms with Gasteiger partial charge in [0.05, 0.1) is 21.6 Å². The molecule has 3 nitrogen and oxygen atoms in total. The first kappa shape index (κ1) is 19.1. The third kappa shape index (κ3) is 3.42. The zero-order valence-corrected chi connectivity index (χ0v) is 15.3. The normalized spacial score (nSPS) is 12.9. The third-order valence-corrected chi connectivity index (χ3v) is 4.62. The van der Waals surface area contributed by atoms with E-state index in [1.54, 1.807) is 0 Å². The van der Waals surface area contributed by atoms with Gasteiger partial charge in [0.1, 0.15) is 18.0 Å². The van der Waals surface area contributed by atoms with Crippen LogP contribution in [-0.2, 0) is 10.9 Å². The minimum atomic E-state index is -4.71. The molecule has 0 aliphatic rings. The molecule has 2 aromatic rings. The van der Waals surface area contributed by atoms with Crippen molar-refractivity contribution in [3.63, 3.8) is 0 Å². The van der Waals surface area contributed by atoms with E-state index in [4.69, 9.17) is 27.9 Å². The maximum absolute atomic E-state index is 13.6. The number of rotatable bonds is 4. The largest absolute Gasteiger partial charge is 0.432 e. The summed E-state index contributed by atoms with van der Waals surface area (Å²) in [4.78, 5) is 0. The monoisotopic (exact) mass is 440 g/mol. The standard InChI is InChI=1S/C15H10BrCl2F3N2O/c1-24-11(6-17)23-13(8-2-4-9(18)5-3-8)10(7-22)12(16)14(23)15(19,20)21/h2-5,11H,6H2,1H3/t11-/m1/s1. The van der Waals surface area contributed by atoms with Crippen molar-refractivity contribution < 1.29 is 17.9 Å². The zero-order valence-electron chi connectivity index (χ0n) is 12.2. The molecule has 0 N–H and O–H groups in total. The quantitative estimate of drug-likeness (QED) is 0.558. The van der Waals surface area contributed by atoms with Gasteiger partial charge in [0.15, 0.2) is 0 Å². The van der Waals surface area contributed by atoms with Gasteiger partial charge in [0, 0.05) is 12.1 Å². The molecule has 0 fully saturated rings.